The molecule has 1 aliphatic heterocycles. The molecule has 0 radical (unpaired) electrons. The van der Waals surface area contributed by atoms with Gasteiger partial charge in [0.05, 0.1) is 16.8 Å². The van der Waals surface area contributed by atoms with Gasteiger partial charge in [-0.3, -0.25) is 0 Å². The maximum atomic E-state index is 14.5. The highest BCUT2D eigenvalue weighted by Gasteiger charge is 2.27. The highest BCUT2D eigenvalue weighted by Crippen LogP contribution is 2.43. The topological polar surface area (TPSA) is 82.9 Å². The summed E-state index contributed by atoms with van der Waals surface area (Å²) in [6, 6.07) is 6.96. The molecule has 4 N–H and O–H groups in total. The van der Waals surface area contributed by atoms with Crippen molar-refractivity contribution in [1.82, 2.24) is 15.0 Å². The van der Waals surface area contributed by atoms with Gasteiger partial charge in [-0.15, -0.1) is 0 Å². The third kappa shape index (κ3) is 3.96. The van der Waals surface area contributed by atoms with E-state index in [-0.39, 0.29) is 22.9 Å². The molecule has 0 bridgehead atoms. The Hall–Kier alpha value is -3.59. The van der Waals surface area contributed by atoms with Gasteiger partial charge in [0.1, 0.15) is 28.8 Å². The van der Waals surface area contributed by atoms with Gasteiger partial charge in [-0.2, -0.15) is 0 Å². The molecular formula is C25H25F3N6. The van der Waals surface area contributed by atoms with E-state index in [1.807, 2.05) is 13.0 Å². The molecule has 4 aromatic rings. The van der Waals surface area contributed by atoms with E-state index < -0.39 is 11.6 Å². The number of aromatic nitrogens is 3. The van der Waals surface area contributed by atoms with Crippen molar-refractivity contribution in [1.29, 1.82) is 0 Å². The average molecular weight is 467 g/mol. The van der Waals surface area contributed by atoms with Crippen LogP contribution in [0.15, 0.2) is 36.5 Å². The molecule has 1 aliphatic rings. The Kier molecular flexibility index (Phi) is 5.65. The molecule has 0 amide bonds. The van der Waals surface area contributed by atoms with Gasteiger partial charge in [-0.05, 0) is 49.1 Å². The van der Waals surface area contributed by atoms with E-state index in [1.165, 1.54) is 18.2 Å². The van der Waals surface area contributed by atoms with E-state index in [0.717, 1.165) is 35.7 Å². The lowest BCUT2D eigenvalue weighted by atomic mass is 9.96. The molecule has 2 aromatic heterocycles. The zero-order valence-corrected chi connectivity index (χ0v) is 18.9. The summed E-state index contributed by atoms with van der Waals surface area (Å²) in [7, 11) is 1.73. The first-order valence-electron chi connectivity index (χ1n) is 11.2. The van der Waals surface area contributed by atoms with Crippen molar-refractivity contribution in [2.75, 3.05) is 30.4 Å². The van der Waals surface area contributed by atoms with Crippen molar-refractivity contribution >= 4 is 22.5 Å². The fourth-order valence-electron chi connectivity index (χ4n) is 4.63. The highest BCUT2D eigenvalue weighted by atomic mass is 19.1. The summed E-state index contributed by atoms with van der Waals surface area (Å²) in [4.78, 5) is 14.3. The van der Waals surface area contributed by atoms with E-state index >= 15 is 0 Å². The molecule has 34 heavy (non-hydrogen) atoms. The quantitative estimate of drug-likeness (QED) is 0.395. The normalized spacial score (nSPS) is 14.7. The lowest BCUT2D eigenvalue weighted by Gasteiger charge is -2.35. The van der Waals surface area contributed by atoms with E-state index in [0.29, 0.717) is 35.9 Å². The number of hydrogen-bond donors (Lipinski definition) is 3. The Morgan fingerprint density at radius 2 is 1.79 bits per heavy atom. The fraction of sp³-hybridized carbons (Fsp3) is 0.280. The first kappa shape index (κ1) is 22.2. The number of H-pyrrole nitrogens is 1. The predicted octanol–water partition coefficient (Wildman–Crippen LogP) is 4.99. The SMILES string of the molecule is CNc1ncc(-c2cc(C)cc(F)c2)c(N2CCC(N)CC2)c1-c1nc2c(F)cc(F)cc2[nH]1. The fourth-order valence-corrected chi connectivity index (χ4v) is 4.63. The third-order valence-electron chi connectivity index (χ3n) is 6.24. The van der Waals surface area contributed by atoms with Gasteiger partial charge < -0.3 is 20.9 Å². The van der Waals surface area contributed by atoms with Gasteiger partial charge in [-0.1, -0.05) is 6.07 Å². The number of halogens is 3. The Morgan fingerprint density at radius 1 is 1.06 bits per heavy atom. The molecule has 9 heteroatoms. The van der Waals surface area contributed by atoms with E-state index in [9.17, 15) is 13.2 Å². The number of benzene rings is 2. The zero-order chi connectivity index (χ0) is 24.0. The van der Waals surface area contributed by atoms with E-state index in [4.69, 9.17) is 5.73 Å². The summed E-state index contributed by atoms with van der Waals surface area (Å²) < 4.78 is 42.7. The van der Waals surface area contributed by atoms with E-state index in [1.54, 1.807) is 13.2 Å². The third-order valence-corrected chi connectivity index (χ3v) is 6.24. The van der Waals surface area contributed by atoms with Crippen LogP contribution in [0, 0.1) is 24.4 Å². The number of piperidine rings is 1. The average Bonchev–Trinajstić information content (AvgIpc) is 3.22. The zero-order valence-electron chi connectivity index (χ0n) is 18.9. The van der Waals surface area contributed by atoms with Gasteiger partial charge in [0.2, 0.25) is 0 Å². The molecule has 2 aromatic carbocycles. The predicted molar refractivity (Wildman–Crippen MR) is 128 cm³/mol. The van der Waals surface area contributed by atoms with Crippen LogP contribution in [0.3, 0.4) is 0 Å². The molecule has 6 nitrogen and oxygen atoms in total. The Morgan fingerprint density at radius 3 is 2.50 bits per heavy atom. The van der Waals surface area contributed by atoms with Crippen LogP contribution in [0.25, 0.3) is 33.5 Å². The van der Waals surface area contributed by atoms with Gasteiger partial charge in [0.25, 0.3) is 0 Å². The number of nitrogens with one attached hydrogen (secondary N) is 2. The summed E-state index contributed by atoms with van der Waals surface area (Å²) in [5.74, 6) is -0.930. The molecule has 0 spiro atoms. The number of aromatic amines is 1. The lowest BCUT2D eigenvalue weighted by molar-refractivity contribution is 0.501. The van der Waals surface area contributed by atoms with Crippen LogP contribution in [0.1, 0.15) is 18.4 Å². The Balaban J connectivity index is 1.80. The van der Waals surface area contributed by atoms with Crippen molar-refractivity contribution in [3.63, 3.8) is 0 Å². The number of hydrogen-bond acceptors (Lipinski definition) is 5. The molecular weight excluding hydrogens is 441 g/mol. The van der Waals surface area contributed by atoms with Crippen LogP contribution in [-0.4, -0.2) is 41.1 Å². The number of imidazole rings is 1. The second-order valence-electron chi connectivity index (χ2n) is 8.71. The number of rotatable bonds is 4. The minimum absolute atomic E-state index is 0.0390. The highest BCUT2D eigenvalue weighted by molar-refractivity contribution is 5.96. The first-order chi connectivity index (χ1) is 16.3. The van der Waals surface area contributed by atoms with Crippen molar-refractivity contribution in [2.45, 2.75) is 25.8 Å². The van der Waals surface area contributed by atoms with Gasteiger partial charge in [0, 0.05) is 44.0 Å². The second-order valence-corrected chi connectivity index (χ2v) is 8.71. The molecule has 0 unspecified atom stereocenters. The number of anilines is 2. The molecule has 0 atom stereocenters. The smallest absolute Gasteiger partial charge is 0.153 e. The van der Waals surface area contributed by atoms with Crippen LogP contribution < -0.4 is 16.0 Å². The van der Waals surface area contributed by atoms with Crippen LogP contribution in [0.4, 0.5) is 24.7 Å². The standard InChI is InChI=1S/C25H25F3N6/c1-13-7-14(9-15(26)8-13)18-12-31-24(30-2)21(23(18)34-5-3-17(29)4-6-34)25-32-20-11-16(27)10-19(28)22(20)33-25/h7-12,17H,3-6,29H2,1-2H3,(H,30,31)(H,32,33). The summed E-state index contributed by atoms with van der Waals surface area (Å²) >= 11 is 0. The number of aryl methyl sites for hydroxylation is 1. The maximum absolute atomic E-state index is 14.5. The lowest BCUT2D eigenvalue weighted by Crippen LogP contribution is -2.40. The van der Waals surface area contributed by atoms with Crippen molar-refractivity contribution < 1.29 is 13.2 Å². The van der Waals surface area contributed by atoms with Crippen molar-refractivity contribution in [3.8, 4) is 22.5 Å². The summed E-state index contributed by atoms with van der Waals surface area (Å²) in [5.41, 5.74) is 10.0. The number of pyridine rings is 1. The van der Waals surface area contributed by atoms with Crippen LogP contribution in [-0.2, 0) is 0 Å². The number of nitrogens with zero attached hydrogens (tertiary/aromatic N) is 3. The molecule has 5 rings (SSSR count). The molecule has 3 heterocycles. The van der Waals surface area contributed by atoms with Crippen LogP contribution in [0.2, 0.25) is 0 Å². The number of fused-ring (bicyclic) bond motifs is 1. The van der Waals surface area contributed by atoms with Crippen molar-refractivity contribution in [2.24, 2.45) is 5.73 Å². The summed E-state index contributed by atoms with van der Waals surface area (Å²) in [6.45, 7) is 3.21. The minimum Gasteiger partial charge on any atom is -0.372 e. The summed E-state index contributed by atoms with van der Waals surface area (Å²) in [6.07, 6.45) is 3.28. The van der Waals surface area contributed by atoms with Crippen LogP contribution >= 0.6 is 0 Å². The van der Waals surface area contributed by atoms with Gasteiger partial charge in [0.15, 0.2) is 5.82 Å². The Labute approximate surface area is 195 Å². The second kappa shape index (κ2) is 8.64. The molecule has 176 valence electrons. The van der Waals surface area contributed by atoms with Crippen LogP contribution in [0.5, 0.6) is 0 Å². The molecule has 1 fully saturated rings. The van der Waals surface area contributed by atoms with Gasteiger partial charge in [-0.25, -0.2) is 23.1 Å². The molecule has 0 saturated carbocycles. The molecule has 1 saturated heterocycles. The maximum Gasteiger partial charge on any atom is 0.153 e. The minimum atomic E-state index is -0.751. The monoisotopic (exact) mass is 466 g/mol. The van der Waals surface area contributed by atoms with Crippen molar-refractivity contribution in [3.05, 3.63) is 59.5 Å². The molecule has 0 aliphatic carbocycles. The Bertz CT molecular complexity index is 1350. The van der Waals surface area contributed by atoms with Gasteiger partial charge >= 0.3 is 0 Å². The van der Waals surface area contributed by atoms with E-state index in [2.05, 4.69) is 25.2 Å². The summed E-state index contributed by atoms with van der Waals surface area (Å²) in [5, 5.41) is 3.09. The largest absolute Gasteiger partial charge is 0.372 e. The number of nitrogens with two attached hydrogens (primary N) is 1. The first-order valence-corrected chi connectivity index (χ1v) is 11.2.